The summed E-state index contributed by atoms with van der Waals surface area (Å²) in [7, 11) is -1.61. The second-order valence-electron chi connectivity index (χ2n) is 20.0. The number of benzene rings is 1. The predicted molar refractivity (Wildman–Crippen MR) is 242 cm³/mol. The summed E-state index contributed by atoms with van der Waals surface area (Å²) in [5.41, 5.74) is 7.53. The van der Waals surface area contributed by atoms with Crippen LogP contribution < -0.4 is 32.3 Å². The molecule has 63 heavy (non-hydrogen) atoms. The molecule has 0 saturated carbocycles. The maximum atomic E-state index is 14.6. The van der Waals surface area contributed by atoms with E-state index in [4.69, 9.17) is 24.7 Å². The molecule has 0 heterocycles. The lowest BCUT2D eigenvalue weighted by Crippen LogP contribution is -2.62. The number of carbonyl (C=O) groups excluding carboxylic acids is 7. The molecule has 0 radical (unpaired) electrons. The summed E-state index contributed by atoms with van der Waals surface area (Å²) in [4.78, 5) is 93.9. The molecular weight excluding hydrogens is 831 g/mol. The minimum atomic E-state index is -1.61. The number of alkyl carbamates (subject to hydrolysis) is 4. The number of hydrogen-bond donors (Lipinski definition) is 6. The van der Waals surface area contributed by atoms with E-state index in [0.717, 1.165) is 16.0 Å². The quantitative estimate of drug-likeness (QED) is 0.0533. The number of nitrogens with zero attached hydrogens (tertiary/aromatic N) is 1. The van der Waals surface area contributed by atoms with Gasteiger partial charge in [-0.3, -0.25) is 14.4 Å². The number of aryl methyl sites for hydroxylation is 1. The molecule has 3 atom stereocenters. The Bertz CT molecular complexity index is 1810. The Morgan fingerprint density at radius 3 is 1.57 bits per heavy atom. The summed E-state index contributed by atoms with van der Waals surface area (Å²) in [6.07, 6.45) is -2.25. The second kappa shape index (κ2) is 23.8. The molecule has 0 spiro atoms. The van der Waals surface area contributed by atoms with Crippen LogP contribution in [0.1, 0.15) is 107 Å². The number of nitrogens with two attached hydrogens (primary N) is 1. The molecule has 18 nitrogen and oxygen atoms in total. The van der Waals surface area contributed by atoms with Crippen molar-refractivity contribution in [1.82, 2.24) is 31.5 Å². The van der Waals surface area contributed by atoms with Gasteiger partial charge in [-0.15, -0.1) is 5.54 Å². The van der Waals surface area contributed by atoms with Crippen molar-refractivity contribution in [2.24, 2.45) is 5.73 Å². The number of amides is 7. The lowest BCUT2D eigenvalue weighted by Gasteiger charge is -2.34. The molecule has 0 aliphatic carbocycles. The molecule has 7 amide bonds. The topological polar surface area (TPSA) is 246 Å². The first-order valence-corrected chi connectivity index (χ1v) is 24.6. The first-order chi connectivity index (χ1) is 28.6. The van der Waals surface area contributed by atoms with Crippen LogP contribution in [0.2, 0.25) is 19.6 Å². The lowest BCUT2D eigenvalue weighted by atomic mass is 10.0. The highest BCUT2D eigenvalue weighted by molar-refractivity contribution is 6.83. The van der Waals surface area contributed by atoms with Crippen LogP contribution in [0.5, 0.6) is 0 Å². The van der Waals surface area contributed by atoms with E-state index in [-0.39, 0.29) is 6.54 Å². The van der Waals surface area contributed by atoms with E-state index >= 15 is 0 Å². The van der Waals surface area contributed by atoms with Gasteiger partial charge in [0.1, 0.15) is 48.6 Å². The Morgan fingerprint density at radius 2 is 1.11 bits per heavy atom. The van der Waals surface area contributed by atoms with Crippen molar-refractivity contribution in [3.63, 3.8) is 0 Å². The van der Waals surface area contributed by atoms with Crippen LogP contribution in [-0.4, -0.2) is 122 Å². The first kappa shape index (κ1) is 55.5. The number of hydrogen-bond acceptors (Lipinski definition) is 11. The fourth-order valence-electron chi connectivity index (χ4n) is 5.29. The van der Waals surface area contributed by atoms with Gasteiger partial charge in [0.25, 0.3) is 0 Å². The molecular formula is C44H73N7O11Si. The summed E-state index contributed by atoms with van der Waals surface area (Å²) in [6.45, 7) is 24.6. The summed E-state index contributed by atoms with van der Waals surface area (Å²) in [5.74, 6) is 0.527. The standard InChI is InChI=1S/C44H73N7O11Si/c1-41(2,3)59-37(55)47-26-31(49-39(57)61-43(7,8)9)35(53)46-28-33(34(45)52)51(23-17-16-19-29-20-18-21-30(25-29)22-24-63(13,14)15)36(54)32(50-40(58)62-44(10,11)12)27-48-38(56)60-42(4,5)6/h18,20-21,25,31-33H,16-17,19,23,26-28H2,1-15H3,(H2,45,52)(H,46,53)(H,47,55)(H,48,56)(H,49,57)(H,50,58)/t31-,32-,33-/m0/s1. The van der Waals surface area contributed by atoms with Crippen molar-refractivity contribution in [2.75, 3.05) is 26.2 Å². The summed E-state index contributed by atoms with van der Waals surface area (Å²) >= 11 is 0. The number of nitrogens with one attached hydrogen (secondary N) is 5. The fraction of sp³-hybridized carbons (Fsp3) is 0.659. The lowest BCUT2D eigenvalue weighted by molar-refractivity contribution is -0.141. The van der Waals surface area contributed by atoms with Crippen LogP contribution in [0.15, 0.2) is 24.3 Å². The third-order valence-electron chi connectivity index (χ3n) is 7.78. The zero-order valence-electron chi connectivity index (χ0n) is 40.0. The molecule has 1 aromatic carbocycles. The van der Waals surface area contributed by atoms with E-state index in [1.807, 2.05) is 24.3 Å². The van der Waals surface area contributed by atoms with E-state index < -0.39 is 110 Å². The Morgan fingerprint density at radius 1 is 0.651 bits per heavy atom. The molecule has 1 aromatic rings. The largest absolute Gasteiger partial charge is 0.444 e. The monoisotopic (exact) mass is 904 g/mol. The summed E-state index contributed by atoms with van der Waals surface area (Å²) in [6, 6.07) is 3.35. The van der Waals surface area contributed by atoms with Crippen molar-refractivity contribution in [2.45, 2.75) is 163 Å². The predicted octanol–water partition coefficient (Wildman–Crippen LogP) is 4.87. The molecule has 19 heteroatoms. The molecule has 0 saturated heterocycles. The van der Waals surface area contributed by atoms with Gasteiger partial charge in [0.05, 0.1) is 13.1 Å². The van der Waals surface area contributed by atoms with Gasteiger partial charge in [0.15, 0.2) is 0 Å². The van der Waals surface area contributed by atoms with E-state index in [0.29, 0.717) is 19.3 Å². The molecule has 0 unspecified atom stereocenters. The van der Waals surface area contributed by atoms with Gasteiger partial charge in [-0.2, -0.15) is 0 Å². The van der Waals surface area contributed by atoms with Crippen LogP contribution in [-0.2, 0) is 39.8 Å². The molecule has 0 bridgehead atoms. The molecule has 354 valence electrons. The third-order valence-corrected chi connectivity index (χ3v) is 8.65. The maximum absolute atomic E-state index is 14.6. The van der Waals surface area contributed by atoms with E-state index in [1.54, 1.807) is 83.1 Å². The first-order valence-electron chi connectivity index (χ1n) is 21.1. The van der Waals surface area contributed by atoms with Crippen LogP contribution in [0.25, 0.3) is 0 Å². The Hall–Kier alpha value is -5.51. The number of carbonyl (C=O) groups is 7. The van der Waals surface area contributed by atoms with E-state index in [9.17, 15) is 33.6 Å². The molecule has 0 fully saturated rings. The Kier molecular flexibility index (Phi) is 21.0. The zero-order valence-corrected chi connectivity index (χ0v) is 41.0. The van der Waals surface area contributed by atoms with Crippen molar-refractivity contribution >= 4 is 50.2 Å². The maximum Gasteiger partial charge on any atom is 0.408 e. The molecule has 0 aliphatic rings. The molecule has 0 aromatic heterocycles. The van der Waals surface area contributed by atoms with Crippen molar-refractivity contribution in [3.8, 4) is 11.5 Å². The SMILES string of the molecule is CC(C)(C)OC(=O)NC[C@H](NC(=O)OC(C)(C)C)C(=O)NC[C@@H](C(N)=O)N(CCCCc1cccc(C#C[Si](C)(C)C)c1)C(=O)[C@H](CNC(=O)OC(C)(C)C)NC(=O)OC(C)(C)C. The molecule has 1 rings (SSSR count). The van der Waals surface area contributed by atoms with Gasteiger partial charge in [0, 0.05) is 18.7 Å². The van der Waals surface area contributed by atoms with Gasteiger partial charge in [-0.1, -0.05) is 37.7 Å². The second-order valence-corrected chi connectivity index (χ2v) is 24.8. The smallest absolute Gasteiger partial charge is 0.408 e. The zero-order chi connectivity index (χ0) is 48.6. The average Bonchev–Trinajstić information content (AvgIpc) is 3.08. The van der Waals surface area contributed by atoms with Crippen LogP contribution >= 0.6 is 0 Å². The van der Waals surface area contributed by atoms with Gasteiger partial charge in [0.2, 0.25) is 17.7 Å². The number of ether oxygens (including phenoxy) is 4. The highest BCUT2D eigenvalue weighted by atomic mass is 28.3. The van der Waals surface area contributed by atoms with Gasteiger partial charge in [-0.05, 0) is 120 Å². The van der Waals surface area contributed by atoms with Crippen LogP contribution in [0.3, 0.4) is 0 Å². The van der Waals surface area contributed by atoms with Gasteiger partial charge >= 0.3 is 24.4 Å². The Balaban J connectivity index is 3.59. The normalized spacial score (nSPS) is 13.3. The fourth-order valence-corrected chi connectivity index (χ4v) is 5.81. The van der Waals surface area contributed by atoms with Crippen molar-refractivity contribution < 1.29 is 52.5 Å². The minimum absolute atomic E-state index is 0.0871. The molecule has 0 aliphatic heterocycles. The molecule has 7 N–H and O–H groups in total. The van der Waals surface area contributed by atoms with Crippen LogP contribution in [0, 0.1) is 11.5 Å². The summed E-state index contributed by atoms with van der Waals surface area (Å²) in [5, 5.41) is 12.4. The van der Waals surface area contributed by atoms with E-state index in [2.05, 4.69) is 57.7 Å². The number of rotatable bonds is 17. The van der Waals surface area contributed by atoms with Gasteiger partial charge in [-0.25, -0.2) is 19.2 Å². The third kappa shape index (κ3) is 25.9. The van der Waals surface area contributed by atoms with E-state index in [1.165, 1.54) is 0 Å². The van der Waals surface area contributed by atoms with Gasteiger partial charge < -0.3 is 56.2 Å². The highest BCUT2D eigenvalue weighted by Gasteiger charge is 2.36. The van der Waals surface area contributed by atoms with Crippen LogP contribution in [0.4, 0.5) is 19.2 Å². The highest BCUT2D eigenvalue weighted by Crippen LogP contribution is 2.14. The number of unbranched alkanes of at least 4 members (excludes halogenated alkanes) is 1. The average molecular weight is 904 g/mol. The number of primary amides is 1. The van der Waals surface area contributed by atoms with Crippen molar-refractivity contribution in [1.29, 1.82) is 0 Å². The summed E-state index contributed by atoms with van der Waals surface area (Å²) < 4.78 is 21.4. The Labute approximate surface area is 374 Å². The minimum Gasteiger partial charge on any atom is -0.444 e. The van der Waals surface area contributed by atoms with Crippen molar-refractivity contribution in [3.05, 3.63) is 35.4 Å².